The zero-order chi connectivity index (χ0) is 11.3. The summed E-state index contributed by atoms with van der Waals surface area (Å²) >= 11 is 6.11. The fourth-order valence-corrected chi connectivity index (χ4v) is 2.27. The van der Waals surface area contributed by atoms with E-state index in [4.69, 9.17) is 17.3 Å². The van der Waals surface area contributed by atoms with Crippen molar-refractivity contribution in [2.24, 2.45) is 7.05 Å². The minimum absolute atomic E-state index is 0.402. The number of anilines is 1. The first kappa shape index (κ1) is 9.42. The van der Waals surface area contributed by atoms with Crippen LogP contribution in [0.25, 0.3) is 21.8 Å². The number of rotatable bonds is 0. The van der Waals surface area contributed by atoms with E-state index in [1.165, 1.54) is 0 Å². The normalized spacial score (nSPS) is 11.4. The van der Waals surface area contributed by atoms with Gasteiger partial charge >= 0.3 is 0 Å². The van der Waals surface area contributed by atoms with Gasteiger partial charge in [-0.1, -0.05) is 29.8 Å². The molecule has 0 aliphatic rings. The van der Waals surface area contributed by atoms with Crippen molar-refractivity contribution in [3.05, 3.63) is 29.4 Å². The fourth-order valence-electron chi connectivity index (χ4n) is 1.99. The highest BCUT2D eigenvalue weighted by molar-refractivity contribution is 6.36. The van der Waals surface area contributed by atoms with Crippen LogP contribution in [0.3, 0.4) is 0 Å². The predicted molar refractivity (Wildman–Crippen MR) is 65.4 cm³/mol. The van der Waals surface area contributed by atoms with Gasteiger partial charge in [-0.05, 0) is 6.07 Å². The molecule has 4 nitrogen and oxygen atoms in total. The summed E-state index contributed by atoms with van der Waals surface area (Å²) in [4.78, 5) is 4.31. The van der Waals surface area contributed by atoms with E-state index < -0.39 is 0 Å². The number of benzene rings is 1. The zero-order valence-electron chi connectivity index (χ0n) is 8.61. The van der Waals surface area contributed by atoms with Gasteiger partial charge in [0, 0.05) is 12.4 Å². The molecular weight excluding hydrogens is 224 g/mol. The van der Waals surface area contributed by atoms with Crippen LogP contribution in [0.15, 0.2) is 24.3 Å². The van der Waals surface area contributed by atoms with Crippen molar-refractivity contribution in [1.29, 1.82) is 0 Å². The second kappa shape index (κ2) is 3.09. The number of aromatic nitrogens is 3. The average molecular weight is 233 g/mol. The quantitative estimate of drug-likeness (QED) is 0.606. The summed E-state index contributed by atoms with van der Waals surface area (Å²) in [7, 11) is 1.85. The standard InChI is InChI=1S/C11H9ClN4/c1-16-9-6-4-2-3-5-7(6)14-10(12)8(9)11(13)15-16/h2-5H,1H3,(H2,13,15). The van der Waals surface area contributed by atoms with Gasteiger partial charge in [0.1, 0.15) is 5.15 Å². The Morgan fingerprint density at radius 1 is 1.31 bits per heavy atom. The van der Waals surface area contributed by atoms with E-state index in [-0.39, 0.29) is 0 Å². The fraction of sp³-hybridized carbons (Fsp3) is 0.0909. The smallest absolute Gasteiger partial charge is 0.156 e. The Kier molecular flexibility index (Phi) is 1.82. The van der Waals surface area contributed by atoms with E-state index in [0.29, 0.717) is 11.0 Å². The van der Waals surface area contributed by atoms with Crippen molar-refractivity contribution < 1.29 is 0 Å². The second-order valence-corrected chi connectivity index (χ2v) is 4.01. The maximum atomic E-state index is 6.11. The molecule has 0 saturated carbocycles. The number of para-hydroxylation sites is 1. The number of aryl methyl sites for hydroxylation is 1. The monoisotopic (exact) mass is 232 g/mol. The second-order valence-electron chi connectivity index (χ2n) is 3.65. The maximum Gasteiger partial charge on any atom is 0.156 e. The van der Waals surface area contributed by atoms with Crippen LogP contribution in [0.5, 0.6) is 0 Å². The van der Waals surface area contributed by atoms with Gasteiger partial charge in [-0.25, -0.2) is 4.98 Å². The Morgan fingerprint density at radius 2 is 2.06 bits per heavy atom. The molecule has 0 fully saturated rings. The lowest BCUT2D eigenvalue weighted by Gasteiger charge is -2.02. The van der Waals surface area contributed by atoms with Gasteiger partial charge in [-0.3, -0.25) is 4.68 Å². The molecule has 0 aliphatic heterocycles. The van der Waals surface area contributed by atoms with E-state index in [1.807, 2.05) is 31.3 Å². The van der Waals surface area contributed by atoms with Gasteiger partial charge in [-0.15, -0.1) is 0 Å². The SMILES string of the molecule is Cn1nc(N)c2c(Cl)nc3ccccc3c21. The van der Waals surface area contributed by atoms with Gasteiger partial charge < -0.3 is 5.73 Å². The molecule has 0 spiro atoms. The third kappa shape index (κ3) is 1.10. The topological polar surface area (TPSA) is 56.7 Å². The van der Waals surface area contributed by atoms with Crippen LogP contribution in [0.1, 0.15) is 0 Å². The lowest BCUT2D eigenvalue weighted by atomic mass is 10.1. The Labute approximate surface area is 96.6 Å². The lowest BCUT2D eigenvalue weighted by molar-refractivity contribution is 0.804. The van der Waals surface area contributed by atoms with Crippen LogP contribution >= 0.6 is 11.6 Å². The largest absolute Gasteiger partial charge is 0.382 e. The number of hydrogen-bond acceptors (Lipinski definition) is 3. The first-order chi connectivity index (χ1) is 7.68. The number of nitrogen functional groups attached to an aromatic ring is 1. The van der Waals surface area contributed by atoms with E-state index in [1.54, 1.807) is 4.68 Å². The molecule has 0 saturated heterocycles. The Balaban J connectivity index is 2.68. The molecule has 0 radical (unpaired) electrons. The van der Waals surface area contributed by atoms with E-state index in [2.05, 4.69) is 10.1 Å². The van der Waals surface area contributed by atoms with Gasteiger partial charge in [-0.2, -0.15) is 5.10 Å². The minimum Gasteiger partial charge on any atom is -0.382 e. The molecule has 0 amide bonds. The summed E-state index contributed by atoms with van der Waals surface area (Å²) in [6.07, 6.45) is 0. The number of nitrogens with two attached hydrogens (primary N) is 1. The van der Waals surface area contributed by atoms with Crippen molar-refractivity contribution in [3.8, 4) is 0 Å². The van der Waals surface area contributed by atoms with Crippen LogP contribution in [0.4, 0.5) is 5.82 Å². The first-order valence-corrected chi connectivity index (χ1v) is 5.22. The molecule has 80 valence electrons. The molecule has 2 N–H and O–H groups in total. The van der Waals surface area contributed by atoms with Gasteiger partial charge in [0.2, 0.25) is 0 Å². The maximum absolute atomic E-state index is 6.11. The van der Waals surface area contributed by atoms with Crippen molar-refractivity contribution in [2.75, 3.05) is 5.73 Å². The molecule has 5 heteroatoms. The van der Waals surface area contributed by atoms with Gasteiger partial charge in [0.15, 0.2) is 5.82 Å². The van der Waals surface area contributed by atoms with Gasteiger partial charge in [0.25, 0.3) is 0 Å². The molecule has 0 atom stereocenters. The third-order valence-electron chi connectivity index (χ3n) is 2.66. The molecule has 1 aromatic carbocycles. The minimum atomic E-state index is 0.402. The number of fused-ring (bicyclic) bond motifs is 3. The summed E-state index contributed by atoms with van der Waals surface area (Å²) < 4.78 is 1.74. The van der Waals surface area contributed by atoms with E-state index >= 15 is 0 Å². The van der Waals surface area contributed by atoms with Crippen molar-refractivity contribution in [3.63, 3.8) is 0 Å². The summed E-state index contributed by atoms with van der Waals surface area (Å²) in [6.45, 7) is 0. The zero-order valence-corrected chi connectivity index (χ0v) is 9.36. The van der Waals surface area contributed by atoms with Crippen molar-refractivity contribution >= 4 is 39.2 Å². The molecule has 0 bridgehead atoms. The summed E-state index contributed by atoms with van der Waals surface area (Å²) in [5.74, 6) is 0.417. The Morgan fingerprint density at radius 3 is 2.88 bits per heavy atom. The van der Waals surface area contributed by atoms with E-state index in [9.17, 15) is 0 Å². The summed E-state index contributed by atoms with van der Waals surface area (Å²) in [5.41, 5.74) is 7.59. The highest BCUT2D eigenvalue weighted by Crippen LogP contribution is 2.32. The van der Waals surface area contributed by atoms with Crippen LogP contribution in [0, 0.1) is 0 Å². The Hall–Kier alpha value is -1.81. The molecule has 16 heavy (non-hydrogen) atoms. The molecule has 0 unspecified atom stereocenters. The molecular formula is C11H9ClN4. The molecule has 2 aromatic heterocycles. The molecule has 0 aliphatic carbocycles. The van der Waals surface area contributed by atoms with E-state index in [0.717, 1.165) is 21.8 Å². The van der Waals surface area contributed by atoms with Crippen LogP contribution in [0.2, 0.25) is 5.15 Å². The number of hydrogen-bond donors (Lipinski definition) is 1. The van der Waals surface area contributed by atoms with Crippen molar-refractivity contribution in [2.45, 2.75) is 0 Å². The molecule has 2 heterocycles. The van der Waals surface area contributed by atoms with Crippen LogP contribution in [-0.4, -0.2) is 14.8 Å². The predicted octanol–water partition coefficient (Wildman–Crippen LogP) is 2.36. The summed E-state index contributed by atoms with van der Waals surface area (Å²) in [6, 6.07) is 7.80. The highest BCUT2D eigenvalue weighted by atomic mass is 35.5. The number of pyridine rings is 1. The number of nitrogens with zero attached hydrogens (tertiary/aromatic N) is 3. The first-order valence-electron chi connectivity index (χ1n) is 4.85. The molecule has 3 rings (SSSR count). The third-order valence-corrected chi connectivity index (χ3v) is 2.93. The Bertz CT molecular complexity index is 702. The summed E-state index contributed by atoms with van der Waals surface area (Å²) in [5, 5.41) is 6.31. The number of halogens is 1. The van der Waals surface area contributed by atoms with Gasteiger partial charge in [0.05, 0.1) is 16.4 Å². The molecule has 3 aromatic rings. The van der Waals surface area contributed by atoms with Crippen LogP contribution in [-0.2, 0) is 7.05 Å². The van der Waals surface area contributed by atoms with Crippen molar-refractivity contribution in [1.82, 2.24) is 14.8 Å². The van der Waals surface area contributed by atoms with Crippen LogP contribution < -0.4 is 5.73 Å². The highest BCUT2D eigenvalue weighted by Gasteiger charge is 2.14. The average Bonchev–Trinajstić information content (AvgIpc) is 2.55. The lowest BCUT2D eigenvalue weighted by Crippen LogP contribution is -1.92.